The molecule has 1 aromatic heterocycles. The molecule has 1 aliphatic rings. The van der Waals surface area contributed by atoms with Crippen molar-refractivity contribution in [3.05, 3.63) is 42.2 Å². The van der Waals surface area contributed by atoms with Gasteiger partial charge in [-0.1, -0.05) is 12.1 Å². The number of aryl methyl sites for hydroxylation is 1. The first-order valence-corrected chi connectivity index (χ1v) is 8.64. The van der Waals surface area contributed by atoms with Gasteiger partial charge in [0.05, 0.1) is 26.0 Å². The molecule has 1 atom stereocenters. The van der Waals surface area contributed by atoms with Gasteiger partial charge in [-0.25, -0.2) is 0 Å². The number of hydrogen-bond acceptors (Lipinski definition) is 6. The Bertz CT molecular complexity index is 753. The van der Waals surface area contributed by atoms with Crippen LogP contribution < -0.4 is 14.2 Å². The zero-order valence-corrected chi connectivity index (χ0v) is 15.1. The highest BCUT2D eigenvalue weighted by atomic mass is 16.5. The number of aromatic nitrogens is 2. The highest BCUT2D eigenvalue weighted by Gasteiger charge is 2.25. The van der Waals surface area contributed by atoms with E-state index in [1.807, 2.05) is 31.2 Å². The first-order valence-electron chi connectivity index (χ1n) is 8.64. The van der Waals surface area contributed by atoms with E-state index in [-0.39, 0.29) is 18.6 Å². The van der Waals surface area contributed by atoms with E-state index in [1.165, 1.54) is 13.3 Å². The Hall–Kier alpha value is -2.83. The lowest BCUT2D eigenvalue weighted by Gasteiger charge is -2.32. The van der Waals surface area contributed by atoms with Crippen molar-refractivity contribution < 1.29 is 19.0 Å². The van der Waals surface area contributed by atoms with E-state index in [0.29, 0.717) is 30.6 Å². The van der Waals surface area contributed by atoms with Crippen LogP contribution in [0.15, 0.2) is 36.7 Å². The van der Waals surface area contributed by atoms with Crippen LogP contribution in [0.1, 0.15) is 18.4 Å². The van der Waals surface area contributed by atoms with E-state index in [0.717, 1.165) is 18.4 Å². The average molecular weight is 357 g/mol. The summed E-state index contributed by atoms with van der Waals surface area (Å²) in [4.78, 5) is 22.5. The molecule has 1 aromatic carbocycles. The highest BCUT2D eigenvalue weighted by Crippen LogP contribution is 2.19. The molecular weight excluding hydrogens is 334 g/mol. The molecular formula is C19H23N3O4. The molecule has 2 aromatic rings. The van der Waals surface area contributed by atoms with Crippen LogP contribution in [0.3, 0.4) is 0 Å². The van der Waals surface area contributed by atoms with E-state index in [9.17, 15) is 4.79 Å². The molecule has 1 unspecified atom stereocenters. The van der Waals surface area contributed by atoms with Gasteiger partial charge < -0.3 is 19.1 Å². The molecule has 0 saturated carbocycles. The molecule has 3 rings (SSSR count). The Morgan fingerprint density at radius 3 is 2.96 bits per heavy atom. The fourth-order valence-electron chi connectivity index (χ4n) is 2.86. The van der Waals surface area contributed by atoms with Crippen LogP contribution in [0, 0.1) is 6.92 Å². The normalized spacial score (nSPS) is 16.8. The van der Waals surface area contributed by atoms with Crippen molar-refractivity contribution in [2.45, 2.75) is 25.9 Å². The number of benzene rings is 1. The maximum absolute atomic E-state index is 12.5. The quantitative estimate of drug-likeness (QED) is 0.789. The second-order valence-electron chi connectivity index (χ2n) is 6.23. The van der Waals surface area contributed by atoms with Crippen LogP contribution in [0.2, 0.25) is 0 Å². The van der Waals surface area contributed by atoms with Crippen LogP contribution in [0.4, 0.5) is 0 Å². The third kappa shape index (κ3) is 4.84. The largest absolute Gasteiger partial charge is 0.484 e. The topological polar surface area (TPSA) is 73.8 Å². The summed E-state index contributed by atoms with van der Waals surface area (Å²) in [6.07, 6.45) is 4.68. The zero-order valence-electron chi connectivity index (χ0n) is 15.1. The molecule has 7 nitrogen and oxygen atoms in total. The summed E-state index contributed by atoms with van der Waals surface area (Å²) in [5.74, 6) is 1.46. The second kappa shape index (κ2) is 8.51. The number of methoxy groups -OCH3 is 1. The minimum Gasteiger partial charge on any atom is -0.484 e. The molecule has 1 fully saturated rings. The van der Waals surface area contributed by atoms with Gasteiger partial charge in [-0.3, -0.25) is 9.78 Å². The third-order valence-electron chi connectivity index (χ3n) is 4.17. The van der Waals surface area contributed by atoms with Gasteiger partial charge in [-0.2, -0.15) is 4.98 Å². The van der Waals surface area contributed by atoms with Crippen molar-refractivity contribution in [2.75, 3.05) is 26.8 Å². The van der Waals surface area contributed by atoms with Gasteiger partial charge in [-0.05, 0) is 37.5 Å². The first kappa shape index (κ1) is 18.0. The zero-order chi connectivity index (χ0) is 18.4. The number of nitrogens with zero attached hydrogens (tertiary/aromatic N) is 3. The Labute approximate surface area is 152 Å². The van der Waals surface area contributed by atoms with E-state index in [4.69, 9.17) is 14.2 Å². The average Bonchev–Trinajstić information content (AvgIpc) is 2.66. The Morgan fingerprint density at radius 1 is 1.31 bits per heavy atom. The van der Waals surface area contributed by atoms with Gasteiger partial charge in [0.25, 0.3) is 5.91 Å². The smallest absolute Gasteiger partial charge is 0.260 e. The Morgan fingerprint density at radius 2 is 2.15 bits per heavy atom. The summed E-state index contributed by atoms with van der Waals surface area (Å²) in [6, 6.07) is 7.67. The van der Waals surface area contributed by atoms with Crippen molar-refractivity contribution in [1.29, 1.82) is 0 Å². The minimum atomic E-state index is -0.118. The lowest BCUT2D eigenvalue weighted by Crippen LogP contribution is -2.46. The summed E-state index contributed by atoms with van der Waals surface area (Å²) in [5.41, 5.74) is 1.10. The maximum Gasteiger partial charge on any atom is 0.260 e. The van der Waals surface area contributed by atoms with E-state index in [1.54, 1.807) is 11.1 Å². The fraction of sp³-hybridized carbons (Fsp3) is 0.421. The van der Waals surface area contributed by atoms with Crippen molar-refractivity contribution in [2.24, 2.45) is 0 Å². The number of rotatable bonds is 6. The van der Waals surface area contributed by atoms with Crippen molar-refractivity contribution in [1.82, 2.24) is 14.9 Å². The van der Waals surface area contributed by atoms with Crippen molar-refractivity contribution >= 4 is 5.91 Å². The van der Waals surface area contributed by atoms with E-state index < -0.39 is 0 Å². The number of hydrogen-bond donors (Lipinski definition) is 0. The number of carbonyl (C=O) groups excluding carboxylic acids is 1. The molecule has 1 aliphatic heterocycles. The number of amides is 1. The van der Waals surface area contributed by atoms with E-state index in [2.05, 4.69) is 9.97 Å². The molecule has 1 saturated heterocycles. The van der Waals surface area contributed by atoms with Gasteiger partial charge in [0, 0.05) is 6.54 Å². The molecule has 0 aliphatic carbocycles. The monoisotopic (exact) mass is 357 g/mol. The summed E-state index contributed by atoms with van der Waals surface area (Å²) in [7, 11) is 1.53. The molecule has 26 heavy (non-hydrogen) atoms. The molecule has 0 bridgehead atoms. The van der Waals surface area contributed by atoms with Crippen molar-refractivity contribution in [3.8, 4) is 17.5 Å². The van der Waals surface area contributed by atoms with E-state index >= 15 is 0 Å². The van der Waals surface area contributed by atoms with Crippen LogP contribution in [-0.4, -0.2) is 53.7 Å². The van der Waals surface area contributed by atoms with Crippen molar-refractivity contribution in [3.63, 3.8) is 0 Å². The molecule has 138 valence electrons. The predicted octanol–water partition coefficient (Wildman–Crippen LogP) is 2.24. The van der Waals surface area contributed by atoms with Crippen LogP contribution in [0.25, 0.3) is 0 Å². The lowest BCUT2D eigenvalue weighted by molar-refractivity contribution is -0.136. The molecule has 0 N–H and O–H groups in total. The van der Waals surface area contributed by atoms with Crippen LogP contribution >= 0.6 is 0 Å². The van der Waals surface area contributed by atoms with Gasteiger partial charge in [0.2, 0.25) is 11.8 Å². The summed E-state index contributed by atoms with van der Waals surface area (Å²) < 4.78 is 16.5. The predicted molar refractivity (Wildman–Crippen MR) is 95.5 cm³/mol. The number of carbonyl (C=O) groups is 1. The molecule has 1 amide bonds. The first-order chi connectivity index (χ1) is 12.6. The van der Waals surface area contributed by atoms with Gasteiger partial charge >= 0.3 is 0 Å². The summed E-state index contributed by atoms with van der Waals surface area (Å²) in [5, 5.41) is 0. The third-order valence-corrected chi connectivity index (χ3v) is 4.17. The number of likely N-dealkylation sites (tertiary alicyclic amines) is 1. The lowest BCUT2D eigenvalue weighted by atomic mass is 10.1. The molecule has 0 radical (unpaired) electrons. The highest BCUT2D eigenvalue weighted by molar-refractivity contribution is 5.77. The number of piperidine rings is 1. The summed E-state index contributed by atoms with van der Waals surface area (Å²) in [6.45, 7) is 3.23. The molecule has 7 heteroatoms. The van der Waals surface area contributed by atoms with Crippen LogP contribution in [-0.2, 0) is 4.79 Å². The SMILES string of the molecule is COc1cncc(OC2CCCN(C(=O)COc3cccc(C)c3)C2)n1. The number of ether oxygens (including phenoxy) is 3. The Balaban J connectivity index is 1.53. The summed E-state index contributed by atoms with van der Waals surface area (Å²) >= 11 is 0. The molecule has 0 spiro atoms. The Kier molecular flexibility index (Phi) is 5.88. The standard InChI is InChI=1S/C19H23N3O4/c1-14-5-3-6-15(9-14)25-13-19(23)22-8-4-7-16(12-22)26-18-11-20-10-17(21-18)24-2/h3,5-6,9-11,16H,4,7-8,12-13H2,1-2H3. The van der Waals surface area contributed by atoms with Gasteiger partial charge in [0.15, 0.2) is 6.61 Å². The van der Waals surface area contributed by atoms with Gasteiger partial charge in [0.1, 0.15) is 11.9 Å². The van der Waals surface area contributed by atoms with Crippen LogP contribution in [0.5, 0.6) is 17.5 Å². The second-order valence-corrected chi connectivity index (χ2v) is 6.23. The maximum atomic E-state index is 12.5. The minimum absolute atomic E-state index is 0.0230. The molecule has 2 heterocycles. The van der Waals surface area contributed by atoms with Gasteiger partial charge in [-0.15, -0.1) is 0 Å². The fourth-order valence-corrected chi connectivity index (χ4v) is 2.86.